The molecule has 0 fully saturated rings. The predicted octanol–water partition coefficient (Wildman–Crippen LogP) is 4.04. The van der Waals surface area contributed by atoms with Gasteiger partial charge in [0, 0.05) is 28.9 Å². The van der Waals surface area contributed by atoms with Crippen LogP contribution < -0.4 is 19.5 Å². The third kappa shape index (κ3) is 3.35. The predicted molar refractivity (Wildman–Crippen MR) is 117 cm³/mol. The molecule has 31 heavy (non-hydrogen) atoms. The molecule has 5 aromatic rings. The fourth-order valence-electron chi connectivity index (χ4n) is 3.48. The van der Waals surface area contributed by atoms with Gasteiger partial charge >= 0.3 is 0 Å². The Morgan fingerprint density at radius 3 is 2.48 bits per heavy atom. The molecule has 2 aromatic carbocycles. The average Bonchev–Trinajstić information content (AvgIpc) is 3.44. The van der Waals surface area contributed by atoms with E-state index in [-0.39, 0.29) is 0 Å². The molecule has 0 unspecified atom stereocenters. The largest absolute Gasteiger partial charge is 0.493 e. The average molecular weight is 416 g/mol. The number of H-pyrrole nitrogens is 1. The summed E-state index contributed by atoms with van der Waals surface area (Å²) in [6, 6.07) is 13.5. The van der Waals surface area contributed by atoms with Crippen LogP contribution >= 0.6 is 0 Å². The van der Waals surface area contributed by atoms with E-state index in [4.69, 9.17) is 14.2 Å². The maximum absolute atomic E-state index is 5.45. The van der Waals surface area contributed by atoms with E-state index in [9.17, 15) is 0 Å². The van der Waals surface area contributed by atoms with Gasteiger partial charge in [0.15, 0.2) is 17.1 Å². The van der Waals surface area contributed by atoms with Crippen LogP contribution in [0.4, 0.5) is 11.5 Å². The first-order chi connectivity index (χ1) is 15.2. The van der Waals surface area contributed by atoms with E-state index in [0.29, 0.717) is 28.7 Å². The minimum Gasteiger partial charge on any atom is -0.493 e. The number of hydrogen-bond donors (Lipinski definition) is 2. The summed E-state index contributed by atoms with van der Waals surface area (Å²) < 4.78 is 18.0. The van der Waals surface area contributed by atoms with Crippen molar-refractivity contribution in [3.05, 3.63) is 54.9 Å². The fourth-order valence-corrected chi connectivity index (χ4v) is 3.48. The van der Waals surface area contributed by atoms with Crippen molar-refractivity contribution in [2.45, 2.75) is 0 Å². The second-order valence-corrected chi connectivity index (χ2v) is 6.86. The molecule has 5 rings (SSSR count). The number of aromatic amines is 1. The number of methoxy groups -OCH3 is 3. The lowest BCUT2D eigenvalue weighted by atomic mass is 10.1. The van der Waals surface area contributed by atoms with Gasteiger partial charge < -0.3 is 19.5 Å². The summed E-state index contributed by atoms with van der Waals surface area (Å²) in [6.45, 7) is 0. The molecule has 156 valence electrons. The Labute approximate surface area is 177 Å². The van der Waals surface area contributed by atoms with Crippen LogP contribution in [-0.2, 0) is 0 Å². The van der Waals surface area contributed by atoms with Crippen molar-refractivity contribution in [3.8, 4) is 28.5 Å². The molecule has 0 saturated heterocycles. The Bertz CT molecular complexity index is 1370. The number of fused-ring (bicyclic) bond motifs is 2. The molecule has 3 aromatic heterocycles. The fraction of sp³-hybridized carbons (Fsp3) is 0.136. The molecule has 0 aliphatic heterocycles. The Balaban J connectivity index is 1.49. The van der Waals surface area contributed by atoms with Gasteiger partial charge in [-0.2, -0.15) is 10.2 Å². The van der Waals surface area contributed by atoms with Crippen LogP contribution in [0.5, 0.6) is 17.2 Å². The van der Waals surface area contributed by atoms with Crippen molar-refractivity contribution < 1.29 is 14.2 Å². The number of ether oxygens (including phenoxy) is 3. The van der Waals surface area contributed by atoms with E-state index in [1.165, 1.54) is 0 Å². The Kier molecular flexibility index (Phi) is 4.55. The number of hydrogen-bond acceptors (Lipinski definition) is 7. The molecule has 3 heterocycles. The Morgan fingerprint density at radius 1 is 0.935 bits per heavy atom. The van der Waals surface area contributed by atoms with Crippen molar-refractivity contribution in [2.24, 2.45) is 0 Å². The van der Waals surface area contributed by atoms with E-state index in [0.717, 1.165) is 27.8 Å². The van der Waals surface area contributed by atoms with Crippen molar-refractivity contribution in [2.75, 3.05) is 26.6 Å². The molecule has 0 aliphatic rings. The molecule has 0 atom stereocenters. The third-order valence-corrected chi connectivity index (χ3v) is 5.00. The molecule has 0 amide bonds. The van der Waals surface area contributed by atoms with Crippen molar-refractivity contribution in [1.82, 2.24) is 24.8 Å². The molecule has 0 spiro atoms. The van der Waals surface area contributed by atoms with Crippen LogP contribution in [0, 0.1) is 0 Å². The number of nitrogens with zero attached hydrogens (tertiary/aromatic N) is 4. The van der Waals surface area contributed by atoms with Crippen LogP contribution in [0.2, 0.25) is 0 Å². The van der Waals surface area contributed by atoms with Gasteiger partial charge in [-0.15, -0.1) is 0 Å². The van der Waals surface area contributed by atoms with Crippen molar-refractivity contribution in [1.29, 1.82) is 0 Å². The van der Waals surface area contributed by atoms with Gasteiger partial charge in [0.05, 0.1) is 38.7 Å². The summed E-state index contributed by atoms with van der Waals surface area (Å²) >= 11 is 0. The van der Waals surface area contributed by atoms with E-state index >= 15 is 0 Å². The zero-order chi connectivity index (χ0) is 21.4. The maximum atomic E-state index is 5.45. The Morgan fingerprint density at radius 2 is 1.74 bits per heavy atom. The van der Waals surface area contributed by atoms with Gasteiger partial charge in [-0.3, -0.25) is 5.10 Å². The van der Waals surface area contributed by atoms with Gasteiger partial charge in [0.2, 0.25) is 5.75 Å². The van der Waals surface area contributed by atoms with Crippen LogP contribution in [0.25, 0.3) is 27.8 Å². The lowest BCUT2D eigenvalue weighted by Crippen LogP contribution is -1.97. The molecular weight excluding hydrogens is 396 g/mol. The Hall–Kier alpha value is -4.27. The molecule has 0 radical (unpaired) electrons. The molecule has 0 bridgehead atoms. The van der Waals surface area contributed by atoms with Gasteiger partial charge in [0.1, 0.15) is 5.82 Å². The van der Waals surface area contributed by atoms with E-state index in [2.05, 4.69) is 25.6 Å². The summed E-state index contributed by atoms with van der Waals surface area (Å²) in [4.78, 5) is 4.68. The van der Waals surface area contributed by atoms with E-state index < -0.39 is 0 Å². The summed E-state index contributed by atoms with van der Waals surface area (Å²) in [5, 5.41) is 16.0. The molecule has 9 heteroatoms. The molecule has 0 aliphatic carbocycles. The van der Waals surface area contributed by atoms with Gasteiger partial charge in [-0.1, -0.05) is 0 Å². The molecule has 9 nitrogen and oxygen atoms in total. The summed E-state index contributed by atoms with van der Waals surface area (Å²) in [5.41, 5.74) is 4.15. The summed E-state index contributed by atoms with van der Waals surface area (Å²) in [5.74, 6) is 2.39. The zero-order valence-electron chi connectivity index (χ0n) is 17.2. The minimum absolute atomic E-state index is 0.538. The van der Waals surface area contributed by atoms with Crippen molar-refractivity contribution >= 4 is 28.1 Å². The van der Waals surface area contributed by atoms with Crippen LogP contribution in [0.1, 0.15) is 0 Å². The molecular formula is C22H20N6O3. The molecule has 2 N–H and O–H groups in total. The second kappa shape index (κ2) is 7.52. The number of nitrogens with one attached hydrogen (secondary N) is 2. The third-order valence-electron chi connectivity index (χ3n) is 5.00. The number of aromatic nitrogens is 5. The van der Waals surface area contributed by atoms with E-state index in [1.54, 1.807) is 32.0 Å². The highest BCUT2D eigenvalue weighted by Gasteiger charge is 2.16. The van der Waals surface area contributed by atoms with Crippen molar-refractivity contribution in [3.63, 3.8) is 0 Å². The topological polar surface area (TPSA) is 98.6 Å². The van der Waals surface area contributed by atoms with Gasteiger partial charge in [0.25, 0.3) is 0 Å². The smallest absolute Gasteiger partial charge is 0.203 e. The number of rotatable bonds is 6. The highest BCUT2D eigenvalue weighted by molar-refractivity contribution is 5.82. The lowest BCUT2D eigenvalue weighted by Gasteiger charge is -2.13. The number of anilines is 2. The summed E-state index contributed by atoms with van der Waals surface area (Å²) in [7, 11) is 4.75. The highest BCUT2D eigenvalue weighted by Crippen LogP contribution is 2.41. The van der Waals surface area contributed by atoms with Crippen LogP contribution in [-0.4, -0.2) is 46.1 Å². The normalized spacial score (nSPS) is 11.1. The first kappa shape index (κ1) is 18.7. The SMILES string of the molecule is COc1cc(-c2cc3nc(Nc4ccc5cn[nH]c5c4)ccn3n2)cc(OC)c1OC. The van der Waals surface area contributed by atoms with Crippen LogP contribution in [0.15, 0.2) is 54.9 Å². The van der Waals surface area contributed by atoms with Gasteiger partial charge in [-0.05, 0) is 36.4 Å². The lowest BCUT2D eigenvalue weighted by molar-refractivity contribution is 0.324. The maximum Gasteiger partial charge on any atom is 0.203 e. The van der Waals surface area contributed by atoms with Crippen LogP contribution in [0.3, 0.4) is 0 Å². The second-order valence-electron chi connectivity index (χ2n) is 6.86. The standard InChI is InChI=1S/C22H20N6O3/c1-29-18-8-14(9-19(30-2)22(18)31-3)17-11-21-25-20(6-7-28(21)27-17)24-15-5-4-13-12-23-26-16(13)10-15/h4-12H,1-3H3,(H,23,26)(H,24,25). The quantitative estimate of drug-likeness (QED) is 0.431. The highest BCUT2D eigenvalue weighted by atomic mass is 16.5. The zero-order valence-corrected chi connectivity index (χ0v) is 17.2. The van der Waals surface area contributed by atoms with Gasteiger partial charge in [-0.25, -0.2) is 9.50 Å². The first-order valence-electron chi connectivity index (χ1n) is 9.55. The minimum atomic E-state index is 0.538. The number of benzene rings is 2. The summed E-state index contributed by atoms with van der Waals surface area (Å²) in [6.07, 6.45) is 3.65. The monoisotopic (exact) mass is 416 g/mol. The van der Waals surface area contributed by atoms with E-state index in [1.807, 2.05) is 48.7 Å². The first-order valence-corrected chi connectivity index (χ1v) is 9.55. The molecule has 0 saturated carbocycles.